The molecule has 1 rings (SSSR count). The second-order valence-electron chi connectivity index (χ2n) is 3.21. The van der Waals surface area contributed by atoms with Crippen LogP contribution in [0, 0.1) is 5.41 Å². The van der Waals surface area contributed by atoms with Crippen LogP contribution in [-0.2, 0) is 14.3 Å². The highest BCUT2D eigenvalue weighted by molar-refractivity contribution is 5.92. The number of carbonyl (C=O) groups excluding carboxylic acids is 2. The fraction of sp³-hybridized carbons (Fsp3) is 0.500. The molecule has 0 N–H and O–H groups in total. The molecule has 0 spiro atoms. The lowest BCUT2D eigenvalue weighted by atomic mass is 9.84. The Morgan fingerprint density at radius 2 is 2.27 bits per heavy atom. The molecule has 0 aromatic carbocycles. The molecule has 3 heteroatoms. The van der Waals surface area contributed by atoms with Crippen molar-refractivity contribution in [2.24, 2.45) is 5.41 Å². The minimum Gasteiger partial charge on any atom is -0.462 e. The van der Waals surface area contributed by atoms with E-state index in [1.807, 2.05) is 13.8 Å². The summed E-state index contributed by atoms with van der Waals surface area (Å²) in [5.74, 6) is -0.425. The van der Waals surface area contributed by atoms with Gasteiger partial charge in [-0.15, -0.1) is 0 Å². The third-order valence-corrected chi connectivity index (χ3v) is 1.76. The van der Waals surface area contributed by atoms with Gasteiger partial charge in [0.05, 0.1) is 0 Å². The highest BCUT2D eigenvalue weighted by atomic mass is 16.5. The summed E-state index contributed by atoms with van der Waals surface area (Å²) < 4.78 is 4.75. The third kappa shape index (κ3) is 1.48. The van der Waals surface area contributed by atoms with Crippen molar-refractivity contribution in [2.45, 2.75) is 13.8 Å². The average molecular weight is 154 g/mol. The minimum atomic E-state index is -0.425. The fourth-order valence-corrected chi connectivity index (χ4v) is 0.892. The zero-order valence-corrected chi connectivity index (χ0v) is 6.59. The Morgan fingerprint density at radius 3 is 2.73 bits per heavy atom. The monoisotopic (exact) mass is 154 g/mol. The van der Waals surface area contributed by atoms with Crippen LogP contribution in [0.3, 0.4) is 0 Å². The Bertz CT molecular complexity index is 225. The number of carbonyl (C=O) groups is 2. The topological polar surface area (TPSA) is 43.4 Å². The minimum absolute atomic E-state index is 0.288. The van der Waals surface area contributed by atoms with Crippen molar-refractivity contribution >= 4 is 12.3 Å². The van der Waals surface area contributed by atoms with Crippen LogP contribution >= 0.6 is 0 Å². The van der Waals surface area contributed by atoms with Crippen LogP contribution in [0.15, 0.2) is 11.6 Å². The number of hydrogen-bond acceptors (Lipinski definition) is 3. The second-order valence-corrected chi connectivity index (χ2v) is 3.21. The molecule has 0 aromatic heterocycles. The van der Waals surface area contributed by atoms with Crippen LogP contribution in [0.5, 0.6) is 0 Å². The van der Waals surface area contributed by atoms with Crippen molar-refractivity contribution in [2.75, 3.05) is 6.61 Å². The predicted octanol–water partition coefficient (Wildman–Crippen LogP) is 0.695. The molecule has 1 heterocycles. The van der Waals surface area contributed by atoms with E-state index in [4.69, 9.17) is 4.74 Å². The first-order valence-electron chi connectivity index (χ1n) is 3.40. The van der Waals surface area contributed by atoms with E-state index in [0.29, 0.717) is 11.9 Å². The number of hydrogen-bond donors (Lipinski definition) is 0. The Kier molecular flexibility index (Phi) is 1.81. The molecule has 0 unspecified atom stereocenters. The number of aldehydes is 1. The second kappa shape index (κ2) is 2.49. The summed E-state index contributed by atoms with van der Waals surface area (Å²) in [5.41, 5.74) is 0.184. The standard InChI is InChI=1S/C8H10O3/c1-8(2)5-11-7(10)3-6(8)4-9/h3-4H,5H2,1-2H3. The SMILES string of the molecule is CC1(C)COC(=O)C=C1C=O. The molecule has 3 nitrogen and oxygen atoms in total. The molecule has 0 aromatic rings. The Balaban J connectivity index is 2.97. The van der Waals surface area contributed by atoms with E-state index < -0.39 is 5.97 Å². The largest absolute Gasteiger partial charge is 0.462 e. The summed E-state index contributed by atoms with van der Waals surface area (Å²) in [7, 11) is 0. The molecule has 0 saturated heterocycles. The maximum atomic E-state index is 10.7. The normalized spacial score (nSPS) is 22.0. The zero-order chi connectivity index (χ0) is 8.48. The Labute approximate surface area is 65.0 Å². The van der Waals surface area contributed by atoms with Gasteiger partial charge in [-0.05, 0) is 0 Å². The van der Waals surface area contributed by atoms with E-state index in [1.54, 1.807) is 0 Å². The van der Waals surface area contributed by atoms with Gasteiger partial charge in [0.1, 0.15) is 12.9 Å². The first-order chi connectivity index (χ1) is 5.06. The van der Waals surface area contributed by atoms with E-state index in [1.165, 1.54) is 6.08 Å². The van der Waals surface area contributed by atoms with Crippen LogP contribution in [-0.4, -0.2) is 18.9 Å². The van der Waals surface area contributed by atoms with Crippen LogP contribution in [0.4, 0.5) is 0 Å². The zero-order valence-electron chi connectivity index (χ0n) is 6.59. The summed E-state index contributed by atoms with van der Waals surface area (Å²) in [6.45, 7) is 4.01. The maximum absolute atomic E-state index is 10.7. The van der Waals surface area contributed by atoms with E-state index in [0.717, 1.165) is 0 Å². The van der Waals surface area contributed by atoms with Crippen LogP contribution in [0.1, 0.15) is 13.8 Å². The van der Waals surface area contributed by atoms with Crippen LogP contribution in [0.2, 0.25) is 0 Å². The van der Waals surface area contributed by atoms with Crippen molar-refractivity contribution in [1.29, 1.82) is 0 Å². The molecule has 0 amide bonds. The van der Waals surface area contributed by atoms with E-state index >= 15 is 0 Å². The molecule has 0 fully saturated rings. The summed E-state index contributed by atoms with van der Waals surface area (Å²) in [4.78, 5) is 21.1. The molecular formula is C8H10O3. The molecule has 1 aliphatic heterocycles. The molecule has 0 radical (unpaired) electrons. The van der Waals surface area contributed by atoms with E-state index in [2.05, 4.69) is 0 Å². The van der Waals surface area contributed by atoms with Gasteiger partial charge in [0.25, 0.3) is 0 Å². The van der Waals surface area contributed by atoms with Gasteiger partial charge in [-0.1, -0.05) is 13.8 Å². The maximum Gasteiger partial charge on any atom is 0.331 e. The van der Waals surface area contributed by atoms with Crippen LogP contribution < -0.4 is 0 Å². The number of rotatable bonds is 1. The average Bonchev–Trinajstić information content (AvgIpc) is 1.94. The lowest BCUT2D eigenvalue weighted by Crippen LogP contribution is -2.29. The number of cyclic esters (lactones) is 1. The number of esters is 1. The van der Waals surface area contributed by atoms with Crippen LogP contribution in [0.25, 0.3) is 0 Å². The Hall–Kier alpha value is -1.12. The first kappa shape index (κ1) is 7.98. The van der Waals surface area contributed by atoms with Crippen molar-refractivity contribution in [3.63, 3.8) is 0 Å². The van der Waals surface area contributed by atoms with Gasteiger partial charge >= 0.3 is 5.97 Å². The molecule has 1 aliphatic rings. The third-order valence-electron chi connectivity index (χ3n) is 1.76. The smallest absolute Gasteiger partial charge is 0.331 e. The van der Waals surface area contributed by atoms with Gasteiger partial charge in [-0.25, -0.2) is 4.79 Å². The van der Waals surface area contributed by atoms with E-state index in [-0.39, 0.29) is 12.0 Å². The quantitative estimate of drug-likeness (QED) is 0.412. The van der Waals surface area contributed by atoms with Crippen molar-refractivity contribution in [3.8, 4) is 0 Å². The predicted molar refractivity (Wildman–Crippen MR) is 38.9 cm³/mol. The summed E-state index contributed by atoms with van der Waals surface area (Å²) >= 11 is 0. The number of ether oxygens (including phenoxy) is 1. The molecule has 0 atom stereocenters. The summed E-state index contributed by atoms with van der Waals surface area (Å²) in [5, 5.41) is 0. The van der Waals surface area contributed by atoms with Gasteiger partial charge in [0, 0.05) is 17.1 Å². The molecular weight excluding hydrogens is 144 g/mol. The first-order valence-corrected chi connectivity index (χ1v) is 3.40. The molecule has 0 aliphatic carbocycles. The highest BCUT2D eigenvalue weighted by Gasteiger charge is 2.29. The molecule has 0 bridgehead atoms. The van der Waals surface area contributed by atoms with Crippen molar-refractivity contribution < 1.29 is 14.3 Å². The molecule has 11 heavy (non-hydrogen) atoms. The molecule has 0 saturated carbocycles. The fourth-order valence-electron chi connectivity index (χ4n) is 0.892. The van der Waals surface area contributed by atoms with Gasteiger partial charge in [-0.3, -0.25) is 4.79 Å². The Morgan fingerprint density at radius 1 is 1.64 bits per heavy atom. The van der Waals surface area contributed by atoms with E-state index in [9.17, 15) is 9.59 Å². The summed E-state index contributed by atoms with van der Waals surface area (Å²) in [6, 6.07) is 0. The lowest BCUT2D eigenvalue weighted by molar-refractivity contribution is -0.142. The summed E-state index contributed by atoms with van der Waals surface area (Å²) in [6.07, 6.45) is 1.96. The van der Waals surface area contributed by atoms with Crippen molar-refractivity contribution in [3.05, 3.63) is 11.6 Å². The van der Waals surface area contributed by atoms with Gasteiger partial charge in [0.2, 0.25) is 0 Å². The molecule has 60 valence electrons. The van der Waals surface area contributed by atoms with Gasteiger partial charge in [0.15, 0.2) is 0 Å². The highest BCUT2D eigenvalue weighted by Crippen LogP contribution is 2.28. The van der Waals surface area contributed by atoms with Gasteiger partial charge in [-0.2, -0.15) is 0 Å². The van der Waals surface area contributed by atoms with Crippen molar-refractivity contribution in [1.82, 2.24) is 0 Å². The van der Waals surface area contributed by atoms with Gasteiger partial charge < -0.3 is 4.74 Å². The lowest BCUT2D eigenvalue weighted by Gasteiger charge is -2.27.